The first kappa shape index (κ1) is 20.7. The van der Waals surface area contributed by atoms with Crippen LogP contribution in [0, 0.1) is 0 Å². The van der Waals surface area contributed by atoms with Crippen LogP contribution in [0.2, 0.25) is 0 Å². The lowest BCUT2D eigenvalue weighted by molar-refractivity contribution is -0.161. The van der Waals surface area contributed by atoms with Crippen molar-refractivity contribution in [3.8, 4) is 0 Å². The molecule has 0 aromatic heterocycles. The monoisotopic (exact) mass is 406 g/mol. The molecule has 2 aromatic rings. The van der Waals surface area contributed by atoms with Crippen LogP contribution >= 0.6 is 23.5 Å². The van der Waals surface area contributed by atoms with E-state index in [2.05, 4.69) is 0 Å². The molecular formula is C21H26O4S2. The molecule has 0 amide bonds. The predicted molar refractivity (Wildman–Crippen MR) is 110 cm³/mol. The highest BCUT2D eigenvalue weighted by Gasteiger charge is 2.46. The Morgan fingerprint density at radius 2 is 1.33 bits per heavy atom. The summed E-state index contributed by atoms with van der Waals surface area (Å²) in [4.78, 5) is 2.07. The maximum absolute atomic E-state index is 11.0. The van der Waals surface area contributed by atoms with Gasteiger partial charge in [-0.1, -0.05) is 36.4 Å². The number of rotatable bonds is 7. The van der Waals surface area contributed by atoms with Crippen LogP contribution in [0.25, 0.3) is 0 Å². The maximum Gasteiger partial charge on any atom is 0.163 e. The van der Waals surface area contributed by atoms with Crippen molar-refractivity contribution in [2.45, 2.75) is 65.3 Å². The molecule has 27 heavy (non-hydrogen) atoms. The molecule has 2 aromatic carbocycles. The summed E-state index contributed by atoms with van der Waals surface area (Å²) in [7, 11) is 0. The second-order valence-corrected chi connectivity index (χ2v) is 9.74. The standard InChI is InChI=1S/C21H26O4S2/c1-14-19(25-21(2,3)24-14)17(22)18(23)20(26-15-10-6-4-7-11-15)27-16-12-8-5-9-13-16/h4-14,17-20,22-23H,1-3H3/t14-,17-,18-,19+/m0/s1. The number of hydrogen-bond donors (Lipinski definition) is 2. The van der Waals surface area contributed by atoms with E-state index >= 15 is 0 Å². The number of aliphatic hydroxyl groups excluding tert-OH is 2. The summed E-state index contributed by atoms with van der Waals surface area (Å²) in [5, 5.41) is 21.9. The molecule has 3 rings (SSSR count). The van der Waals surface area contributed by atoms with Gasteiger partial charge in [0.25, 0.3) is 0 Å². The molecule has 1 aliphatic rings. The van der Waals surface area contributed by atoms with Crippen molar-refractivity contribution in [2.24, 2.45) is 0 Å². The normalized spacial score (nSPS) is 24.1. The van der Waals surface area contributed by atoms with Crippen molar-refractivity contribution in [3.05, 3.63) is 60.7 Å². The van der Waals surface area contributed by atoms with Crippen LogP contribution in [0.1, 0.15) is 20.8 Å². The molecule has 0 bridgehead atoms. The molecule has 0 aliphatic carbocycles. The zero-order chi connectivity index (χ0) is 19.4. The molecule has 4 nitrogen and oxygen atoms in total. The summed E-state index contributed by atoms with van der Waals surface area (Å²) in [6.45, 7) is 5.49. The zero-order valence-electron chi connectivity index (χ0n) is 15.7. The second-order valence-electron chi connectivity index (χ2n) is 7.02. The van der Waals surface area contributed by atoms with Crippen molar-refractivity contribution in [2.75, 3.05) is 0 Å². The predicted octanol–water partition coefficient (Wildman–Crippen LogP) is 4.16. The Morgan fingerprint density at radius 3 is 1.74 bits per heavy atom. The van der Waals surface area contributed by atoms with Crippen LogP contribution in [-0.4, -0.2) is 45.0 Å². The van der Waals surface area contributed by atoms with Gasteiger partial charge in [0.2, 0.25) is 0 Å². The summed E-state index contributed by atoms with van der Waals surface area (Å²) >= 11 is 3.07. The van der Waals surface area contributed by atoms with Gasteiger partial charge in [0.15, 0.2) is 5.79 Å². The van der Waals surface area contributed by atoms with Gasteiger partial charge >= 0.3 is 0 Å². The molecule has 0 saturated carbocycles. The highest BCUT2D eigenvalue weighted by molar-refractivity contribution is 8.17. The zero-order valence-corrected chi connectivity index (χ0v) is 17.3. The first-order valence-corrected chi connectivity index (χ1v) is 10.8. The fourth-order valence-electron chi connectivity index (χ4n) is 3.10. The Kier molecular flexibility index (Phi) is 6.89. The highest BCUT2D eigenvalue weighted by Crippen LogP contribution is 2.40. The first-order valence-electron chi connectivity index (χ1n) is 9.01. The van der Waals surface area contributed by atoms with Crippen molar-refractivity contribution in [1.82, 2.24) is 0 Å². The number of benzene rings is 2. The van der Waals surface area contributed by atoms with Gasteiger partial charge in [-0.05, 0) is 45.0 Å². The van der Waals surface area contributed by atoms with E-state index in [1.165, 1.54) is 23.5 Å². The minimum atomic E-state index is -1.06. The van der Waals surface area contributed by atoms with Gasteiger partial charge in [0, 0.05) is 9.79 Å². The summed E-state index contributed by atoms with van der Waals surface area (Å²) in [5.41, 5.74) is 0. The van der Waals surface area contributed by atoms with E-state index < -0.39 is 24.1 Å². The van der Waals surface area contributed by atoms with Gasteiger partial charge in [-0.25, -0.2) is 0 Å². The van der Waals surface area contributed by atoms with Crippen molar-refractivity contribution >= 4 is 23.5 Å². The largest absolute Gasteiger partial charge is 0.388 e. The molecule has 1 heterocycles. The lowest BCUT2D eigenvalue weighted by Crippen LogP contribution is -2.46. The van der Waals surface area contributed by atoms with Gasteiger partial charge in [0.1, 0.15) is 18.3 Å². The molecule has 2 N–H and O–H groups in total. The van der Waals surface area contributed by atoms with E-state index in [1.54, 1.807) is 0 Å². The number of aliphatic hydroxyl groups is 2. The van der Waals surface area contributed by atoms with Crippen molar-refractivity contribution < 1.29 is 19.7 Å². The molecule has 0 unspecified atom stereocenters. The van der Waals surface area contributed by atoms with Crippen LogP contribution < -0.4 is 0 Å². The fraction of sp³-hybridized carbons (Fsp3) is 0.429. The number of thioether (sulfide) groups is 2. The van der Waals surface area contributed by atoms with E-state index in [-0.39, 0.29) is 10.7 Å². The van der Waals surface area contributed by atoms with Gasteiger partial charge in [0.05, 0.1) is 10.7 Å². The van der Waals surface area contributed by atoms with Gasteiger partial charge in [-0.15, -0.1) is 23.5 Å². The Morgan fingerprint density at radius 1 is 0.852 bits per heavy atom. The first-order chi connectivity index (χ1) is 12.9. The Labute approximate surface area is 169 Å². The molecule has 0 radical (unpaired) electrons. The van der Waals surface area contributed by atoms with E-state index in [0.717, 1.165) is 9.79 Å². The van der Waals surface area contributed by atoms with E-state index in [1.807, 2.05) is 81.4 Å². The van der Waals surface area contributed by atoms with Gasteiger partial charge < -0.3 is 19.7 Å². The average Bonchev–Trinajstić information content (AvgIpc) is 2.94. The van der Waals surface area contributed by atoms with Crippen LogP contribution in [0.3, 0.4) is 0 Å². The van der Waals surface area contributed by atoms with Crippen molar-refractivity contribution in [3.63, 3.8) is 0 Å². The fourth-order valence-corrected chi connectivity index (χ4v) is 5.72. The molecule has 4 atom stereocenters. The summed E-state index contributed by atoms with van der Waals surface area (Å²) in [5.74, 6) is -0.764. The van der Waals surface area contributed by atoms with Crippen LogP contribution in [-0.2, 0) is 9.47 Å². The Hall–Kier alpha value is -1.02. The Bertz CT molecular complexity index is 669. The topological polar surface area (TPSA) is 58.9 Å². The molecular weight excluding hydrogens is 380 g/mol. The molecule has 1 saturated heterocycles. The second kappa shape index (κ2) is 8.99. The van der Waals surface area contributed by atoms with Crippen LogP contribution in [0.15, 0.2) is 70.5 Å². The summed E-state index contributed by atoms with van der Waals surface area (Å²) < 4.78 is 11.3. The number of ether oxygens (including phenoxy) is 2. The average molecular weight is 407 g/mol. The Balaban J connectivity index is 1.78. The van der Waals surface area contributed by atoms with Crippen LogP contribution in [0.4, 0.5) is 0 Å². The number of hydrogen-bond acceptors (Lipinski definition) is 6. The molecule has 146 valence electrons. The molecule has 6 heteroatoms. The van der Waals surface area contributed by atoms with E-state index in [4.69, 9.17) is 9.47 Å². The quantitative estimate of drug-likeness (QED) is 0.532. The van der Waals surface area contributed by atoms with Crippen molar-refractivity contribution in [1.29, 1.82) is 0 Å². The van der Waals surface area contributed by atoms with Gasteiger partial charge in [-0.3, -0.25) is 0 Å². The lowest BCUT2D eigenvalue weighted by atomic mass is 10.1. The smallest absolute Gasteiger partial charge is 0.163 e. The third kappa shape index (κ3) is 5.50. The highest BCUT2D eigenvalue weighted by atomic mass is 32.2. The lowest BCUT2D eigenvalue weighted by Gasteiger charge is -2.30. The molecule has 1 aliphatic heterocycles. The van der Waals surface area contributed by atoms with Gasteiger partial charge in [-0.2, -0.15) is 0 Å². The summed E-state index contributed by atoms with van der Waals surface area (Å²) in [6, 6.07) is 19.8. The summed E-state index contributed by atoms with van der Waals surface area (Å²) in [6.07, 6.45) is -2.93. The third-order valence-corrected chi connectivity index (χ3v) is 7.00. The minimum Gasteiger partial charge on any atom is -0.388 e. The third-order valence-electron chi connectivity index (χ3n) is 4.31. The van der Waals surface area contributed by atoms with E-state index in [9.17, 15) is 10.2 Å². The molecule has 0 spiro atoms. The minimum absolute atomic E-state index is 0.297. The molecule has 1 fully saturated rings. The maximum atomic E-state index is 11.0. The SMILES string of the molecule is C[C@@H]1OC(C)(C)O[C@H]1[C@@H](O)[C@H](O)C(Sc1ccccc1)Sc1ccccc1. The van der Waals surface area contributed by atoms with E-state index in [0.29, 0.717) is 0 Å². The van der Waals surface area contributed by atoms with Crippen LogP contribution in [0.5, 0.6) is 0 Å².